The first-order valence-electron chi connectivity index (χ1n) is 5.05. The maximum atomic E-state index is 10.9. The number of nitrogens with zero attached hydrogens (tertiary/aromatic N) is 1. The maximum absolute atomic E-state index is 10.9. The highest BCUT2D eigenvalue weighted by molar-refractivity contribution is 5.94. The first-order valence-corrected chi connectivity index (χ1v) is 5.05. The van der Waals surface area contributed by atoms with Gasteiger partial charge in [-0.25, -0.2) is 4.79 Å². The highest BCUT2D eigenvalue weighted by atomic mass is 16.5. The number of carbonyl (C=O) groups is 2. The van der Waals surface area contributed by atoms with E-state index in [1.807, 2.05) is 24.3 Å². The molecule has 4 N–H and O–H groups in total. The minimum absolute atomic E-state index is 0.0555. The average molecular weight is 232 g/mol. The lowest BCUT2D eigenvalue weighted by atomic mass is 10.5. The van der Waals surface area contributed by atoms with Gasteiger partial charge in [-0.1, -0.05) is 0 Å². The van der Waals surface area contributed by atoms with Crippen LogP contribution in [0.4, 0.5) is 4.79 Å². The Morgan fingerprint density at radius 2 is 2.00 bits per heavy atom. The van der Waals surface area contributed by atoms with Gasteiger partial charge in [-0.05, 0) is 14.1 Å². The van der Waals surface area contributed by atoms with E-state index in [4.69, 9.17) is 10.5 Å². The number of imide groups is 1. The second kappa shape index (κ2) is 9.08. The van der Waals surface area contributed by atoms with Crippen LogP contribution in [-0.4, -0.2) is 63.8 Å². The highest BCUT2D eigenvalue weighted by Gasteiger charge is 2.02. The van der Waals surface area contributed by atoms with E-state index in [1.165, 1.54) is 0 Å². The molecule has 0 atom stereocenters. The summed E-state index contributed by atoms with van der Waals surface area (Å²) in [5.74, 6) is -0.444. The zero-order valence-corrected chi connectivity index (χ0v) is 9.78. The van der Waals surface area contributed by atoms with Gasteiger partial charge >= 0.3 is 6.03 Å². The van der Waals surface area contributed by atoms with Crippen molar-refractivity contribution in [3.05, 3.63) is 0 Å². The number of ether oxygens (including phenoxy) is 1. The molecular formula is C9H20N4O3. The third-order valence-electron chi connectivity index (χ3n) is 1.65. The lowest BCUT2D eigenvalue weighted by molar-refractivity contribution is -0.119. The fourth-order valence-electron chi connectivity index (χ4n) is 0.877. The van der Waals surface area contributed by atoms with Crippen molar-refractivity contribution in [3.63, 3.8) is 0 Å². The van der Waals surface area contributed by atoms with Crippen LogP contribution in [0.2, 0.25) is 0 Å². The molecule has 0 spiro atoms. The van der Waals surface area contributed by atoms with Crippen molar-refractivity contribution in [2.75, 3.05) is 46.9 Å². The summed E-state index contributed by atoms with van der Waals surface area (Å²) in [7, 11) is 3.94. The first-order chi connectivity index (χ1) is 7.52. The normalized spacial score (nSPS) is 10.4. The van der Waals surface area contributed by atoms with Crippen molar-refractivity contribution in [2.24, 2.45) is 5.73 Å². The third-order valence-corrected chi connectivity index (χ3v) is 1.65. The molecule has 0 unspecified atom stereocenters. The summed E-state index contributed by atoms with van der Waals surface area (Å²) in [4.78, 5) is 23.2. The van der Waals surface area contributed by atoms with E-state index >= 15 is 0 Å². The van der Waals surface area contributed by atoms with E-state index in [1.54, 1.807) is 0 Å². The SMILES string of the molecule is CN(C)CCOCCNCC(=O)NC(N)=O. The number of nitrogens with two attached hydrogens (primary N) is 1. The molecule has 7 heteroatoms. The van der Waals surface area contributed by atoms with Crippen LogP contribution < -0.4 is 16.4 Å². The Hall–Kier alpha value is -1.18. The summed E-state index contributed by atoms with van der Waals surface area (Å²) in [6.45, 7) is 2.65. The number of urea groups is 1. The van der Waals surface area contributed by atoms with Crippen LogP contribution in [0, 0.1) is 0 Å². The van der Waals surface area contributed by atoms with Gasteiger partial charge in [-0.15, -0.1) is 0 Å². The van der Waals surface area contributed by atoms with E-state index in [2.05, 4.69) is 5.32 Å². The molecule has 0 radical (unpaired) electrons. The van der Waals surface area contributed by atoms with Crippen molar-refractivity contribution in [3.8, 4) is 0 Å². The number of hydrogen-bond acceptors (Lipinski definition) is 5. The van der Waals surface area contributed by atoms with Crippen molar-refractivity contribution in [2.45, 2.75) is 0 Å². The number of rotatable bonds is 8. The van der Waals surface area contributed by atoms with Gasteiger partial charge in [0.2, 0.25) is 5.91 Å². The molecule has 0 saturated carbocycles. The zero-order chi connectivity index (χ0) is 12.4. The molecule has 0 fully saturated rings. The molecule has 94 valence electrons. The van der Waals surface area contributed by atoms with Gasteiger partial charge in [0.15, 0.2) is 0 Å². The monoisotopic (exact) mass is 232 g/mol. The van der Waals surface area contributed by atoms with E-state index in [9.17, 15) is 9.59 Å². The van der Waals surface area contributed by atoms with Crippen molar-refractivity contribution in [1.29, 1.82) is 0 Å². The number of carbonyl (C=O) groups excluding carboxylic acids is 2. The Kier molecular flexibility index (Phi) is 8.41. The van der Waals surface area contributed by atoms with Crippen LogP contribution in [0.3, 0.4) is 0 Å². The minimum Gasteiger partial charge on any atom is -0.379 e. The lowest BCUT2D eigenvalue weighted by Crippen LogP contribution is -2.41. The first kappa shape index (κ1) is 14.8. The summed E-state index contributed by atoms with van der Waals surface area (Å²) < 4.78 is 5.28. The highest BCUT2D eigenvalue weighted by Crippen LogP contribution is 1.77. The zero-order valence-electron chi connectivity index (χ0n) is 9.78. The molecule has 0 aliphatic heterocycles. The van der Waals surface area contributed by atoms with Crippen molar-refractivity contribution >= 4 is 11.9 Å². The molecule has 16 heavy (non-hydrogen) atoms. The Labute approximate surface area is 95.3 Å². The number of nitrogens with one attached hydrogen (secondary N) is 2. The number of amides is 3. The van der Waals surface area contributed by atoms with Gasteiger partial charge < -0.3 is 20.7 Å². The number of primary amides is 1. The van der Waals surface area contributed by atoms with E-state index in [0.29, 0.717) is 19.8 Å². The topological polar surface area (TPSA) is 96.7 Å². The van der Waals surface area contributed by atoms with E-state index in [-0.39, 0.29) is 6.54 Å². The smallest absolute Gasteiger partial charge is 0.318 e. The van der Waals surface area contributed by atoms with E-state index < -0.39 is 11.9 Å². The molecule has 0 aliphatic carbocycles. The van der Waals surface area contributed by atoms with Crippen LogP contribution in [0.5, 0.6) is 0 Å². The minimum atomic E-state index is -0.839. The summed E-state index contributed by atoms with van der Waals surface area (Å²) >= 11 is 0. The Morgan fingerprint density at radius 3 is 2.56 bits per heavy atom. The van der Waals surface area contributed by atoms with Crippen LogP contribution in [0.25, 0.3) is 0 Å². The average Bonchev–Trinajstić information content (AvgIpc) is 2.14. The van der Waals surface area contributed by atoms with Gasteiger partial charge in [0.25, 0.3) is 0 Å². The molecule has 0 heterocycles. The number of hydrogen-bond donors (Lipinski definition) is 3. The fraction of sp³-hybridized carbons (Fsp3) is 0.778. The summed E-state index contributed by atoms with van der Waals surface area (Å²) in [6.07, 6.45) is 0. The van der Waals surface area contributed by atoms with Crippen LogP contribution >= 0.6 is 0 Å². The van der Waals surface area contributed by atoms with Gasteiger partial charge in [0.05, 0.1) is 19.8 Å². The molecule has 0 aromatic rings. The third kappa shape index (κ3) is 10.9. The predicted octanol–water partition coefficient (Wildman–Crippen LogP) is -1.65. The molecule has 0 aromatic heterocycles. The molecule has 0 saturated heterocycles. The van der Waals surface area contributed by atoms with Crippen molar-refractivity contribution < 1.29 is 14.3 Å². The van der Waals surface area contributed by atoms with Crippen LogP contribution in [-0.2, 0) is 9.53 Å². The van der Waals surface area contributed by atoms with Gasteiger partial charge in [0, 0.05) is 13.1 Å². The largest absolute Gasteiger partial charge is 0.379 e. The lowest BCUT2D eigenvalue weighted by Gasteiger charge is -2.10. The molecule has 0 aliphatic rings. The summed E-state index contributed by atoms with van der Waals surface area (Å²) in [5, 5.41) is 4.77. The van der Waals surface area contributed by atoms with Gasteiger partial charge in [-0.2, -0.15) is 0 Å². The standard InChI is InChI=1S/C9H20N4O3/c1-13(2)4-6-16-5-3-11-7-8(14)12-9(10)15/h11H,3-7H2,1-2H3,(H3,10,12,14,15). The molecule has 0 aromatic carbocycles. The second-order valence-electron chi connectivity index (χ2n) is 3.50. The molecule has 0 rings (SSSR count). The Morgan fingerprint density at radius 1 is 1.31 bits per heavy atom. The van der Waals surface area contributed by atoms with Crippen LogP contribution in [0.15, 0.2) is 0 Å². The Balaban J connectivity index is 3.21. The summed E-state index contributed by atoms with van der Waals surface area (Å²) in [5.41, 5.74) is 4.76. The maximum Gasteiger partial charge on any atom is 0.318 e. The van der Waals surface area contributed by atoms with Gasteiger partial charge in [-0.3, -0.25) is 10.1 Å². The second-order valence-corrected chi connectivity index (χ2v) is 3.50. The predicted molar refractivity (Wildman–Crippen MR) is 60.0 cm³/mol. The molecule has 0 bridgehead atoms. The van der Waals surface area contributed by atoms with Crippen molar-refractivity contribution in [1.82, 2.24) is 15.5 Å². The van der Waals surface area contributed by atoms with E-state index in [0.717, 1.165) is 6.54 Å². The quantitative estimate of drug-likeness (QED) is 0.436. The fourth-order valence-corrected chi connectivity index (χ4v) is 0.877. The van der Waals surface area contributed by atoms with Crippen LogP contribution in [0.1, 0.15) is 0 Å². The molecular weight excluding hydrogens is 212 g/mol. The molecule has 7 nitrogen and oxygen atoms in total. The summed E-state index contributed by atoms with van der Waals surface area (Å²) in [6, 6.07) is -0.839. The Bertz CT molecular complexity index is 221. The molecule has 3 amide bonds. The number of likely N-dealkylation sites (N-methyl/N-ethyl adjacent to an activating group) is 1. The van der Waals surface area contributed by atoms with Gasteiger partial charge in [0.1, 0.15) is 0 Å².